The van der Waals surface area contributed by atoms with E-state index in [0.29, 0.717) is 18.4 Å². The third kappa shape index (κ3) is 7.03. The number of nitrogens with one attached hydrogen (secondary N) is 2. The van der Waals surface area contributed by atoms with Crippen LogP contribution in [0.25, 0.3) is 0 Å². The molecule has 1 aromatic carbocycles. The van der Waals surface area contributed by atoms with Gasteiger partial charge in [-0.05, 0) is 76.6 Å². The third-order valence-corrected chi connectivity index (χ3v) is 3.85. The average molecular weight is 346 g/mol. The van der Waals surface area contributed by atoms with Crippen LogP contribution in [0.2, 0.25) is 0 Å². The van der Waals surface area contributed by atoms with Gasteiger partial charge in [0.05, 0.1) is 12.6 Å². The number of carbonyl (C=O) groups excluding carboxylic acids is 1. The maximum absolute atomic E-state index is 12.0. The molecule has 0 aromatic heterocycles. The normalized spacial score (nSPS) is 16.3. The maximum Gasteiger partial charge on any atom is 0.407 e. The lowest BCUT2D eigenvalue weighted by molar-refractivity contribution is 0.0500. The highest BCUT2D eigenvalue weighted by molar-refractivity contribution is 5.92. The highest BCUT2D eigenvalue weighted by atomic mass is 16.6. The van der Waals surface area contributed by atoms with E-state index in [9.17, 15) is 4.79 Å². The average Bonchev–Trinajstić information content (AvgIpc) is 3.24. The van der Waals surface area contributed by atoms with Crippen molar-refractivity contribution < 1.29 is 9.53 Å². The lowest BCUT2D eigenvalue weighted by atomic mass is 10.1. The van der Waals surface area contributed by atoms with E-state index in [-0.39, 0.29) is 6.04 Å². The summed E-state index contributed by atoms with van der Waals surface area (Å²) in [5.41, 5.74) is 8.74. The van der Waals surface area contributed by atoms with Crippen molar-refractivity contribution in [2.24, 2.45) is 16.6 Å². The molecule has 0 heterocycles. The molecule has 0 bridgehead atoms. The molecule has 1 saturated carbocycles. The van der Waals surface area contributed by atoms with Gasteiger partial charge in [-0.2, -0.15) is 0 Å². The summed E-state index contributed by atoms with van der Waals surface area (Å²) in [4.78, 5) is 16.4. The van der Waals surface area contributed by atoms with Crippen molar-refractivity contribution in [3.63, 3.8) is 0 Å². The lowest BCUT2D eigenvalue weighted by Crippen LogP contribution is -2.42. The Kier molecular flexibility index (Phi) is 5.93. The number of rotatable bonds is 5. The van der Waals surface area contributed by atoms with Crippen LogP contribution in [0.4, 0.5) is 10.5 Å². The van der Waals surface area contributed by atoms with Crippen LogP contribution in [-0.2, 0) is 4.74 Å². The molecule has 138 valence electrons. The molecule has 2 rings (SSSR count). The molecule has 0 radical (unpaired) electrons. The molecule has 0 aliphatic heterocycles. The van der Waals surface area contributed by atoms with Crippen molar-refractivity contribution in [3.05, 3.63) is 29.3 Å². The number of hydrogen-bond donors (Lipinski definition) is 3. The zero-order valence-electron chi connectivity index (χ0n) is 15.8. The van der Waals surface area contributed by atoms with Gasteiger partial charge in [-0.3, -0.25) is 4.99 Å². The highest BCUT2D eigenvalue weighted by Crippen LogP contribution is 2.33. The van der Waals surface area contributed by atoms with Crippen LogP contribution in [0.5, 0.6) is 0 Å². The summed E-state index contributed by atoms with van der Waals surface area (Å²) in [5.74, 6) is 0.798. The Morgan fingerprint density at radius 1 is 1.28 bits per heavy atom. The van der Waals surface area contributed by atoms with Crippen molar-refractivity contribution in [1.82, 2.24) is 5.32 Å². The molecule has 1 amide bonds. The molecule has 1 aromatic rings. The number of aryl methyl sites for hydroxylation is 2. The smallest absolute Gasteiger partial charge is 0.407 e. The Bertz CT molecular complexity index is 625. The molecule has 1 fully saturated rings. The van der Waals surface area contributed by atoms with Gasteiger partial charge in [0.25, 0.3) is 0 Å². The van der Waals surface area contributed by atoms with E-state index >= 15 is 0 Å². The van der Waals surface area contributed by atoms with Crippen LogP contribution in [0.3, 0.4) is 0 Å². The van der Waals surface area contributed by atoms with Crippen LogP contribution in [-0.4, -0.2) is 30.2 Å². The number of nitrogens with zero attached hydrogens (tertiary/aromatic N) is 1. The van der Waals surface area contributed by atoms with Gasteiger partial charge in [-0.15, -0.1) is 0 Å². The summed E-state index contributed by atoms with van der Waals surface area (Å²) in [5, 5.41) is 6.03. The second kappa shape index (κ2) is 7.76. The van der Waals surface area contributed by atoms with Gasteiger partial charge in [-0.1, -0.05) is 6.07 Å². The van der Waals surface area contributed by atoms with Gasteiger partial charge >= 0.3 is 6.09 Å². The van der Waals surface area contributed by atoms with Crippen molar-refractivity contribution in [2.75, 3.05) is 11.9 Å². The highest BCUT2D eigenvalue weighted by Gasteiger charge is 2.33. The summed E-state index contributed by atoms with van der Waals surface area (Å²) in [6.45, 7) is 10.1. The standard InChI is InChI=1S/C19H30N4O2/c1-12-8-13(2)10-15(9-12)22-17(20)21-11-16(14-6-7-14)23-18(24)25-19(3,4)5/h8-10,14,16H,6-7,11H2,1-5H3,(H,23,24)(H3,20,21,22). The zero-order valence-corrected chi connectivity index (χ0v) is 15.8. The molecule has 0 spiro atoms. The number of amides is 1. The molecule has 0 saturated heterocycles. The topological polar surface area (TPSA) is 88.7 Å². The number of alkyl carbamates (subject to hydrolysis) is 1. The van der Waals surface area contributed by atoms with E-state index in [1.165, 1.54) is 0 Å². The molecule has 6 heteroatoms. The van der Waals surface area contributed by atoms with E-state index in [4.69, 9.17) is 10.5 Å². The molecule has 1 atom stereocenters. The zero-order chi connectivity index (χ0) is 18.6. The minimum Gasteiger partial charge on any atom is -0.444 e. The minimum atomic E-state index is -0.509. The SMILES string of the molecule is Cc1cc(C)cc(NC(N)=NCC(NC(=O)OC(C)(C)C)C2CC2)c1. The Balaban J connectivity index is 1.92. The van der Waals surface area contributed by atoms with Crippen LogP contribution in [0.1, 0.15) is 44.7 Å². The fraction of sp³-hybridized carbons (Fsp3) is 0.579. The number of anilines is 1. The molecule has 1 aliphatic carbocycles. The van der Waals surface area contributed by atoms with Crippen molar-refractivity contribution in [1.29, 1.82) is 0 Å². The summed E-state index contributed by atoms with van der Waals surface area (Å²) in [6.07, 6.45) is 1.79. The molecule has 6 nitrogen and oxygen atoms in total. The Morgan fingerprint density at radius 3 is 2.40 bits per heavy atom. The molecule has 25 heavy (non-hydrogen) atoms. The van der Waals surface area contributed by atoms with E-state index < -0.39 is 11.7 Å². The van der Waals surface area contributed by atoms with Gasteiger partial charge in [0, 0.05) is 5.69 Å². The monoisotopic (exact) mass is 346 g/mol. The predicted octanol–water partition coefficient (Wildman–Crippen LogP) is 3.33. The molecular weight excluding hydrogens is 316 g/mol. The summed E-state index contributed by atoms with van der Waals surface area (Å²) < 4.78 is 5.33. The number of ether oxygens (including phenoxy) is 1. The third-order valence-electron chi connectivity index (χ3n) is 3.85. The summed E-state index contributed by atoms with van der Waals surface area (Å²) >= 11 is 0. The Labute approximate surface area is 150 Å². The van der Waals surface area contributed by atoms with Crippen LogP contribution < -0.4 is 16.4 Å². The van der Waals surface area contributed by atoms with Crippen molar-refractivity contribution in [3.8, 4) is 0 Å². The van der Waals surface area contributed by atoms with Gasteiger partial charge in [-0.25, -0.2) is 4.79 Å². The first-order valence-corrected chi connectivity index (χ1v) is 8.77. The number of aliphatic imine (C=N–C) groups is 1. The number of benzene rings is 1. The Morgan fingerprint density at radius 2 is 1.88 bits per heavy atom. The fourth-order valence-electron chi connectivity index (χ4n) is 2.70. The number of guanidine groups is 1. The van der Waals surface area contributed by atoms with Gasteiger partial charge in [0.1, 0.15) is 5.60 Å². The number of nitrogens with two attached hydrogens (primary N) is 1. The van der Waals surface area contributed by atoms with Gasteiger partial charge in [0.15, 0.2) is 5.96 Å². The minimum absolute atomic E-state index is 0.0468. The first-order valence-electron chi connectivity index (χ1n) is 8.77. The largest absolute Gasteiger partial charge is 0.444 e. The molecular formula is C19H30N4O2. The lowest BCUT2D eigenvalue weighted by Gasteiger charge is -2.23. The van der Waals surface area contributed by atoms with Crippen LogP contribution in [0.15, 0.2) is 23.2 Å². The molecule has 1 aliphatic rings. The van der Waals surface area contributed by atoms with E-state index in [1.807, 2.05) is 46.8 Å². The molecule has 4 N–H and O–H groups in total. The second-order valence-corrected chi connectivity index (χ2v) is 7.82. The van der Waals surface area contributed by atoms with E-state index in [2.05, 4.69) is 21.7 Å². The van der Waals surface area contributed by atoms with Crippen molar-refractivity contribution >= 4 is 17.7 Å². The first kappa shape index (κ1) is 19.1. The van der Waals surface area contributed by atoms with E-state index in [1.54, 1.807) is 0 Å². The quantitative estimate of drug-likeness (QED) is 0.563. The summed E-state index contributed by atoms with van der Waals surface area (Å²) in [7, 11) is 0. The number of carbonyl (C=O) groups is 1. The maximum atomic E-state index is 12.0. The van der Waals surface area contributed by atoms with Gasteiger partial charge < -0.3 is 21.1 Å². The first-order chi connectivity index (χ1) is 11.6. The van der Waals surface area contributed by atoms with Crippen LogP contribution in [0, 0.1) is 19.8 Å². The van der Waals surface area contributed by atoms with Gasteiger partial charge in [0.2, 0.25) is 0 Å². The second-order valence-electron chi connectivity index (χ2n) is 7.82. The molecule has 1 unspecified atom stereocenters. The van der Waals surface area contributed by atoms with Crippen LogP contribution >= 0.6 is 0 Å². The van der Waals surface area contributed by atoms with Crippen molar-refractivity contribution in [2.45, 2.75) is 59.1 Å². The fourth-order valence-corrected chi connectivity index (χ4v) is 2.70. The van der Waals surface area contributed by atoms with E-state index in [0.717, 1.165) is 29.7 Å². The summed E-state index contributed by atoms with van der Waals surface area (Å²) in [6, 6.07) is 6.10. The predicted molar refractivity (Wildman–Crippen MR) is 102 cm³/mol. The number of hydrogen-bond acceptors (Lipinski definition) is 3. The Hall–Kier alpha value is -2.24.